The van der Waals surface area contributed by atoms with Gasteiger partial charge in [-0.1, -0.05) is 39.0 Å². The maximum absolute atomic E-state index is 11.1. The molecule has 0 aromatic carbocycles. The molecule has 1 aliphatic carbocycles. The Kier molecular flexibility index (Phi) is 5.73. The fourth-order valence-corrected chi connectivity index (χ4v) is 4.44. The van der Waals surface area contributed by atoms with Crippen molar-refractivity contribution in [3.05, 3.63) is 0 Å². The van der Waals surface area contributed by atoms with E-state index in [0.717, 1.165) is 6.42 Å². The number of carbonyl (C=O) groups is 1. The Bertz CT molecular complexity index is 370. The second-order valence-corrected chi connectivity index (χ2v) is 8.26. The van der Waals surface area contributed by atoms with E-state index in [9.17, 15) is 4.79 Å². The molecule has 0 spiro atoms. The van der Waals surface area contributed by atoms with Crippen LogP contribution in [0.15, 0.2) is 0 Å². The summed E-state index contributed by atoms with van der Waals surface area (Å²) in [5.41, 5.74) is 0. The lowest BCUT2D eigenvalue weighted by atomic mass is 9.75. The molecule has 0 amide bonds. The number of thiocarbonyl (C=S) groups is 1. The molecule has 0 radical (unpaired) electrons. The monoisotopic (exact) mass is 316 g/mol. The van der Waals surface area contributed by atoms with Crippen LogP contribution < -0.4 is 0 Å². The van der Waals surface area contributed by atoms with Gasteiger partial charge in [0.1, 0.15) is 12.7 Å². The SMILES string of the molecule is CC1CCC(C(C)C)[C@H](OC(=S)SC2COC(=O)C2)C1. The van der Waals surface area contributed by atoms with Crippen LogP contribution >= 0.6 is 24.0 Å². The zero-order valence-corrected chi connectivity index (χ0v) is 14.1. The van der Waals surface area contributed by atoms with Gasteiger partial charge in [-0.3, -0.25) is 4.79 Å². The van der Waals surface area contributed by atoms with E-state index >= 15 is 0 Å². The highest BCUT2D eigenvalue weighted by Crippen LogP contribution is 2.36. The second-order valence-electron chi connectivity index (χ2n) is 6.36. The fraction of sp³-hybridized carbons (Fsp3) is 0.867. The number of thioether (sulfide) groups is 1. The summed E-state index contributed by atoms with van der Waals surface area (Å²) < 4.78 is 11.6. The van der Waals surface area contributed by atoms with E-state index in [0.29, 0.717) is 35.2 Å². The first-order chi connectivity index (χ1) is 9.45. The van der Waals surface area contributed by atoms with Gasteiger partial charge in [0.2, 0.25) is 4.38 Å². The van der Waals surface area contributed by atoms with E-state index in [1.165, 1.54) is 24.6 Å². The summed E-state index contributed by atoms with van der Waals surface area (Å²) in [5, 5.41) is 0.133. The Morgan fingerprint density at radius 2 is 2.20 bits per heavy atom. The summed E-state index contributed by atoms with van der Waals surface area (Å²) >= 11 is 6.85. The van der Waals surface area contributed by atoms with Crippen LogP contribution in [0.2, 0.25) is 0 Å². The van der Waals surface area contributed by atoms with Crippen molar-refractivity contribution in [3.8, 4) is 0 Å². The molecule has 1 saturated carbocycles. The third-order valence-electron chi connectivity index (χ3n) is 4.30. The number of carbonyl (C=O) groups excluding carboxylic acids is 1. The third-order valence-corrected chi connectivity index (χ3v) is 5.61. The molecule has 5 heteroatoms. The van der Waals surface area contributed by atoms with Gasteiger partial charge in [-0.05, 0) is 42.8 Å². The molecule has 1 saturated heterocycles. The Labute approximate surface area is 131 Å². The van der Waals surface area contributed by atoms with Gasteiger partial charge in [0.15, 0.2) is 0 Å². The van der Waals surface area contributed by atoms with Crippen molar-refractivity contribution in [2.45, 2.75) is 57.8 Å². The zero-order chi connectivity index (χ0) is 14.7. The molecule has 1 heterocycles. The van der Waals surface area contributed by atoms with E-state index < -0.39 is 0 Å². The summed E-state index contributed by atoms with van der Waals surface area (Å²) in [4.78, 5) is 11.1. The minimum Gasteiger partial charge on any atom is -0.475 e. The summed E-state index contributed by atoms with van der Waals surface area (Å²) in [6.07, 6.45) is 4.28. The number of hydrogen-bond donors (Lipinski definition) is 0. The third kappa shape index (κ3) is 4.35. The number of hydrogen-bond acceptors (Lipinski definition) is 5. The van der Waals surface area contributed by atoms with Gasteiger partial charge in [0, 0.05) is 0 Å². The average Bonchev–Trinajstić information content (AvgIpc) is 2.74. The number of cyclic esters (lactones) is 1. The number of ether oxygens (including phenoxy) is 2. The molecular weight excluding hydrogens is 292 g/mol. The maximum atomic E-state index is 11.1. The molecule has 2 rings (SSSR count). The lowest BCUT2D eigenvalue weighted by Gasteiger charge is -2.37. The van der Waals surface area contributed by atoms with Crippen LogP contribution in [0.1, 0.15) is 46.5 Å². The molecular formula is C15H24O3S2. The standard InChI is InChI=1S/C15H24O3S2/c1-9(2)12-5-4-10(3)6-13(12)18-15(19)20-11-7-14(16)17-8-11/h9-13H,4-8H2,1-3H3/t10?,11?,12?,13-/m1/s1. The van der Waals surface area contributed by atoms with Crippen LogP contribution in [-0.2, 0) is 14.3 Å². The molecule has 114 valence electrons. The summed E-state index contributed by atoms with van der Waals surface area (Å²) in [5.74, 6) is 1.79. The van der Waals surface area contributed by atoms with E-state index in [2.05, 4.69) is 20.8 Å². The Morgan fingerprint density at radius 1 is 1.45 bits per heavy atom. The minimum atomic E-state index is -0.128. The van der Waals surface area contributed by atoms with E-state index in [-0.39, 0.29) is 17.3 Å². The van der Waals surface area contributed by atoms with Crippen molar-refractivity contribution in [2.75, 3.05) is 6.61 Å². The summed E-state index contributed by atoms with van der Waals surface area (Å²) in [6.45, 7) is 7.27. The molecule has 0 aromatic rings. The average molecular weight is 316 g/mol. The molecule has 0 aromatic heterocycles. The summed E-state index contributed by atoms with van der Waals surface area (Å²) in [7, 11) is 0. The van der Waals surface area contributed by atoms with Crippen LogP contribution in [0, 0.1) is 17.8 Å². The highest BCUT2D eigenvalue weighted by molar-refractivity contribution is 8.23. The fourth-order valence-electron chi connectivity index (χ4n) is 3.10. The molecule has 20 heavy (non-hydrogen) atoms. The molecule has 0 N–H and O–H groups in total. The number of rotatable bonds is 3. The van der Waals surface area contributed by atoms with Crippen LogP contribution in [0.4, 0.5) is 0 Å². The highest BCUT2D eigenvalue weighted by atomic mass is 32.2. The van der Waals surface area contributed by atoms with E-state index in [1.54, 1.807) is 0 Å². The topological polar surface area (TPSA) is 35.5 Å². The molecule has 0 bridgehead atoms. The number of esters is 1. The van der Waals surface area contributed by atoms with Gasteiger partial charge in [-0.15, -0.1) is 0 Å². The lowest BCUT2D eigenvalue weighted by molar-refractivity contribution is -0.137. The van der Waals surface area contributed by atoms with Crippen LogP contribution in [-0.4, -0.2) is 28.3 Å². The predicted octanol–water partition coefficient (Wildman–Crippen LogP) is 3.80. The molecule has 1 aliphatic heterocycles. The van der Waals surface area contributed by atoms with Crippen molar-refractivity contribution in [3.63, 3.8) is 0 Å². The van der Waals surface area contributed by atoms with Crippen LogP contribution in [0.5, 0.6) is 0 Å². The van der Waals surface area contributed by atoms with Crippen molar-refractivity contribution < 1.29 is 14.3 Å². The molecule has 2 fully saturated rings. The van der Waals surface area contributed by atoms with Crippen molar-refractivity contribution >= 4 is 34.3 Å². The summed E-state index contributed by atoms with van der Waals surface area (Å²) in [6, 6.07) is 0. The first kappa shape index (κ1) is 16.1. The Hall–Kier alpha value is -0.290. The lowest BCUT2D eigenvalue weighted by Crippen LogP contribution is -2.35. The van der Waals surface area contributed by atoms with Gasteiger partial charge < -0.3 is 9.47 Å². The zero-order valence-electron chi connectivity index (χ0n) is 12.5. The maximum Gasteiger partial charge on any atom is 0.307 e. The normalized spacial score (nSPS) is 34.1. The van der Waals surface area contributed by atoms with E-state index in [4.69, 9.17) is 21.7 Å². The first-order valence-corrected chi connectivity index (χ1v) is 8.77. The minimum absolute atomic E-state index is 0.128. The first-order valence-electron chi connectivity index (χ1n) is 7.48. The Balaban J connectivity index is 1.85. The largest absolute Gasteiger partial charge is 0.475 e. The predicted molar refractivity (Wildman–Crippen MR) is 85.8 cm³/mol. The van der Waals surface area contributed by atoms with Gasteiger partial charge in [-0.25, -0.2) is 0 Å². The molecule has 2 aliphatic rings. The van der Waals surface area contributed by atoms with Crippen molar-refractivity contribution in [1.29, 1.82) is 0 Å². The van der Waals surface area contributed by atoms with Gasteiger partial charge in [-0.2, -0.15) is 0 Å². The van der Waals surface area contributed by atoms with Gasteiger partial charge in [0.25, 0.3) is 0 Å². The van der Waals surface area contributed by atoms with Gasteiger partial charge >= 0.3 is 5.97 Å². The molecule has 3 nitrogen and oxygen atoms in total. The Morgan fingerprint density at radius 3 is 2.80 bits per heavy atom. The highest BCUT2D eigenvalue weighted by Gasteiger charge is 2.34. The van der Waals surface area contributed by atoms with E-state index in [1.807, 2.05) is 0 Å². The van der Waals surface area contributed by atoms with Crippen molar-refractivity contribution in [1.82, 2.24) is 0 Å². The van der Waals surface area contributed by atoms with Gasteiger partial charge in [0.05, 0.1) is 11.7 Å². The quantitative estimate of drug-likeness (QED) is 0.584. The smallest absolute Gasteiger partial charge is 0.307 e. The second kappa shape index (κ2) is 7.12. The van der Waals surface area contributed by atoms with Crippen LogP contribution in [0.3, 0.4) is 0 Å². The molecule has 4 atom stereocenters. The molecule has 3 unspecified atom stereocenters. The van der Waals surface area contributed by atoms with Crippen molar-refractivity contribution in [2.24, 2.45) is 17.8 Å². The van der Waals surface area contributed by atoms with Crippen LogP contribution in [0.25, 0.3) is 0 Å².